The third-order valence-corrected chi connectivity index (χ3v) is 8.85. The van der Waals surface area contributed by atoms with Gasteiger partial charge in [0.2, 0.25) is 11.8 Å². The van der Waals surface area contributed by atoms with Gasteiger partial charge in [-0.3, -0.25) is 24.0 Å². The molecular formula is C35H63N6O13P. The molecule has 19 nitrogen and oxygen atoms in total. The maximum Gasteiger partial charge on any atom is 0.471 e. The monoisotopic (exact) mass is 806 g/mol. The number of primary amides is 1. The second-order valence-electron chi connectivity index (χ2n) is 12.7. The molecule has 9 N–H and O–H groups in total. The molecule has 1 rings (SSSR count). The Balaban J connectivity index is 2.60. The van der Waals surface area contributed by atoms with E-state index >= 15 is 0 Å². The van der Waals surface area contributed by atoms with Crippen LogP contribution in [0.15, 0.2) is 24.3 Å². The fourth-order valence-corrected chi connectivity index (χ4v) is 5.32. The number of hydrogen-bond donors (Lipinski definition) is 8. The standard InChI is InChI=1S/C35H63N6O13P/c1-5-50-21-22-52-24-23-51-20-16-30(42)41-31(26(2)3)33(44)40-29(11-10-18-37-34(36)45)32(43)39-28-14-12-27(13-15-28)25-53-35(46)38-17-8-6-7-9-19-54-55(47,48)49-4/h12-15,26,29,31,33,40,44H,5-11,16-25H2,1-4H3,(H,38,46)(H,39,43)(H,41,42)(H,47,48)(H3,36,37,45). The number of unbranched alkanes of at least 4 members (excludes halogenated alkanes) is 3. The molecule has 0 aliphatic carbocycles. The van der Waals surface area contributed by atoms with Crippen molar-refractivity contribution >= 4 is 37.4 Å². The van der Waals surface area contributed by atoms with Crippen LogP contribution >= 0.6 is 7.82 Å². The van der Waals surface area contributed by atoms with Crippen molar-refractivity contribution in [2.45, 2.75) is 90.6 Å². The number of hydrogen-bond acceptors (Lipinski definition) is 13. The summed E-state index contributed by atoms with van der Waals surface area (Å²) in [7, 11) is -2.86. The molecule has 0 aromatic heterocycles. The topological polar surface area (TPSA) is 267 Å². The predicted octanol–water partition coefficient (Wildman–Crippen LogP) is 2.50. The minimum absolute atomic E-state index is 0.000832. The third-order valence-electron chi connectivity index (χ3n) is 7.88. The number of carbonyl (C=O) groups excluding carboxylic acids is 4. The zero-order valence-electron chi connectivity index (χ0n) is 32.5. The summed E-state index contributed by atoms with van der Waals surface area (Å²) in [5, 5.41) is 24.9. The summed E-state index contributed by atoms with van der Waals surface area (Å²) in [5.74, 6) is -0.985. The summed E-state index contributed by atoms with van der Waals surface area (Å²) in [6.07, 6.45) is 1.56. The van der Waals surface area contributed by atoms with Gasteiger partial charge in [0.1, 0.15) is 12.8 Å². The smallest absolute Gasteiger partial charge is 0.445 e. The van der Waals surface area contributed by atoms with Gasteiger partial charge in [0, 0.05) is 38.9 Å². The molecule has 0 aliphatic heterocycles. The minimum Gasteiger partial charge on any atom is -0.445 e. The van der Waals surface area contributed by atoms with Crippen molar-refractivity contribution < 1.29 is 61.7 Å². The molecule has 0 fully saturated rings. The van der Waals surface area contributed by atoms with Crippen LogP contribution in [0.25, 0.3) is 0 Å². The Bertz CT molecular complexity index is 1280. The van der Waals surface area contributed by atoms with E-state index in [1.165, 1.54) is 0 Å². The van der Waals surface area contributed by atoms with E-state index in [0.717, 1.165) is 20.0 Å². The van der Waals surface area contributed by atoms with Crippen molar-refractivity contribution in [1.82, 2.24) is 21.3 Å². The molecule has 0 heterocycles. The number of phosphoric acid groups is 1. The number of alkyl carbamates (subject to hydrolysis) is 1. The van der Waals surface area contributed by atoms with Gasteiger partial charge in [0.05, 0.1) is 51.7 Å². The van der Waals surface area contributed by atoms with Crippen LogP contribution in [-0.2, 0) is 48.8 Å². The number of rotatable bonds is 32. The number of carbonyl (C=O) groups is 4. The number of aliphatic hydroxyl groups excluding tert-OH is 1. The largest absolute Gasteiger partial charge is 0.471 e. The Hall–Kier alpha value is -3.39. The van der Waals surface area contributed by atoms with E-state index in [-0.39, 0.29) is 51.0 Å². The van der Waals surface area contributed by atoms with Crippen LogP contribution in [0.1, 0.15) is 71.3 Å². The quantitative estimate of drug-likeness (QED) is 0.0296. The van der Waals surface area contributed by atoms with Gasteiger partial charge in [-0.1, -0.05) is 38.8 Å². The first-order chi connectivity index (χ1) is 26.3. The van der Waals surface area contributed by atoms with Crippen molar-refractivity contribution in [2.24, 2.45) is 11.7 Å². The molecule has 1 aromatic rings. The van der Waals surface area contributed by atoms with Gasteiger partial charge in [-0.2, -0.15) is 0 Å². The van der Waals surface area contributed by atoms with Gasteiger partial charge in [-0.05, 0) is 56.2 Å². The average molecular weight is 807 g/mol. The number of benzene rings is 1. The molecule has 0 saturated carbocycles. The zero-order valence-corrected chi connectivity index (χ0v) is 33.4. The molecule has 20 heteroatoms. The van der Waals surface area contributed by atoms with Crippen LogP contribution in [0.3, 0.4) is 0 Å². The lowest BCUT2D eigenvalue weighted by Gasteiger charge is -2.31. The Labute approximate surface area is 324 Å². The van der Waals surface area contributed by atoms with Gasteiger partial charge in [-0.15, -0.1) is 0 Å². The Morgan fingerprint density at radius 2 is 1.49 bits per heavy atom. The lowest BCUT2D eigenvalue weighted by molar-refractivity contribution is -0.125. The molecule has 0 saturated heterocycles. The van der Waals surface area contributed by atoms with Crippen LogP contribution in [0.5, 0.6) is 0 Å². The van der Waals surface area contributed by atoms with Gasteiger partial charge < -0.3 is 55.9 Å². The van der Waals surface area contributed by atoms with E-state index in [9.17, 15) is 33.7 Å². The first-order valence-electron chi connectivity index (χ1n) is 18.6. The average Bonchev–Trinajstić information content (AvgIpc) is 3.14. The molecule has 4 atom stereocenters. The molecule has 55 heavy (non-hydrogen) atoms. The van der Waals surface area contributed by atoms with Crippen LogP contribution in [-0.4, -0.2) is 119 Å². The van der Waals surface area contributed by atoms with E-state index < -0.39 is 44.2 Å². The van der Waals surface area contributed by atoms with E-state index in [1.807, 2.05) is 20.8 Å². The second-order valence-corrected chi connectivity index (χ2v) is 14.3. The van der Waals surface area contributed by atoms with Crippen LogP contribution < -0.4 is 32.3 Å². The lowest BCUT2D eigenvalue weighted by atomic mass is 10.0. The van der Waals surface area contributed by atoms with E-state index in [0.29, 0.717) is 70.1 Å². The highest BCUT2D eigenvalue weighted by atomic mass is 31.2. The minimum atomic E-state index is -3.96. The van der Waals surface area contributed by atoms with E-state index in [4.69, 9.17) is 29.2 Å². The summed E-state index contributed by atoms with van der Waals surface area (Å²) in [6, 6.07) is 4.33. The normalized spacial score (nSPS) is 14.0. The molecule has 0 radical (unpaired) electrons. The molecular weight excluding hydrogens is 743 g/mol. The number of anilines is 1. The first kappa shape index (κ1) is 49.6. The summed E-state index contributed by atoms with van der Waals surface area (Å²) >= 11 is 0. The van der Waals surface area contributed by atoms with Crippen LogP contribution in [0.2, 0.25) is 0 Å². The van der Waals surface area contributed by atoms with Gasteiger partial charge in [0.15, 0.2) is 0 Å². The number of phosphoric ester groups is 1. The van der Waals surface area contributed by atoms with E-state index in [2.05, 4.69) is 31.1 Å². The van der Waals surface area contributed by atoms with Gasteiger partial charge in [0.25, 0.3) is 0 Å². The fraction of sp³-hybridized carbons (Fsp3) is 0.714. The van der Waals surface area contributed by atoms with E-state index in [1.54, 1.807) is 24.3 Å². The zero-order chi connectivity index (χ0) is 40.9. The maximum absolute atomic E-state index is 13.4. The molecule has 5 amide bonds. The first-order valence-corrected chi connectivity index (χ1v) is 20.1. The molecule has 1 aromatic carbocycles. The molecule has 4 unspecified atom stereocenters. The fourth-order valence-electron chi connectivity index (χ4n) is 4.85. The summed E-state index contributed by atoms with van der Waals surface area (Å²) in [5.41, 5.74) is 6.30. The molecule has 0 aliphatic rings. The SMILES string of the molecule is CCOCCOCCOCCC(=O)NC(C(C)C)C(O)NC(CCCNC(N)=O)C(=O)Nc1ccc(COC(=O)NCCCCCCOP(=O)(O)OC)cc1. The number of amides is 5. The number of urea groups is 1. The number of aliphatic hydroxyl groups is 1. The number of ether oxygens (including phenoxy) is 4. The highest BCUT2D eigenvalue weighted by Crippen LogP contribution is 2.41. The summed E-state index contributed by atoms with van der Waals surface area (Å²) in [4.78, 5) is 58.5. The number of nitrogens with two attached hydrogens (primary N) is 1. The molecule has 0 spiro atoms. The Kier molecular flexibility index (Phi) is 26.9. The van der Waals surface area contributed by atoms with Crippen LogP contribution in [0.4, 0.5) is 15.3 Å². The van der Waals surface area contributed by atoms with Crippen molar-refractivity contribution in [3.05, 3.63) is 29.8 Å². The van der Waals surface area contributed by atoms with Gasteiger partial charge in [-0.25, -0.2) is 14.2 Å². The lowest BCUT2D eigenvalue weighted by Crippen LogP contribution is -2.57. The maximum atomic E-state index is 13.4. The highest BCUT2D eigenvalue weighted by Gasteiger charge is 2.29. The van der Waals surface area contributed by atoms with Crippen molar-refractivity contribution in [2.75, 3.05) is 71.8 Å². The predicted molar refractivity (Wildman–Crippen MR) is 204 cm³/mol. The summed E-state index contributed by atoms with van der Waals surface area (Å²) < 4.78 is 41.6. The van der Waals surface area contributed by atoms with Crippen molar-refractivity contribution in [1.29, 1.82) is 0 Å². The highest BCUT2D eigenvalue weighted by molar-refractivity contribution is 7.47. The molecule has 316 valence electrons. The van der Waals surface area contributed by atoms with Crippen molar-refractivity contribution in [3.8, 4) is 0 Å². The Morgan fingerprint density at radius 1 is 0.855 bits per heavy atom. The Morgan fingerprint density at radius 3 is 2.13 bits per heavy atom. The van der Waals surface area contributed by atoms with Crippen LogP contribution in [0, 0.1) is 5.92 Å². The molecule has 0 bridgehead atoms. The number of nitrogens with one attached hydrogen (secondary N) is 5. The third kappa shape index (κ3) is 25.4. The van der Waals surface area contributed by atoms with Gasteiger partial charge >= 0.3 is 19.9 Å². The summed E-state index contributed by atoms with van der Waals surface area (Å²) in [6.45, 7) is 8.72. The second kappa shape index (κ2) is 29.8. The van der Waals surface area contributed by atoms with Crippen molar-refractivity contribution in [3.63, 3.8) is 0 Å².